The zero-order valence-electron chi connectivity index (χ0n) is 16.7. The minimum atomic E-state index is -4.03. The summed E-state index contributed by atoms with van der Waals surface area (Å²) in [5, 5.41) is 7.02. The van der Waals surface area contributed by atoms with Gasteiger partial charge in [0.1, 0.15) is 16.3 Å². The van der Waals surface area contributed by atoms with E-state index in [2.05, 4.69) is 15.5 Å². The molecule has 0 saturated heterocycles. The molecule has 0 radical (unpaired) electrons. The molecule has 10 heteroatoms. The fourth-order valence-electron chi connectivity index (χ4n) is 3.56. The second-order valence-electron chi connectivity index (χ2n) is 7.52. The number of rotatable bonds is 5. The van der Waals surface area contributed by atoms with Gasteiger partial charge in [-0.25, -0.2) is 17.1 Å². The van der Waals surface area contributed by atoms with Crippen LogP contribution in [0.1, 0.15) is 60.6 Å². The van der Waals surface area contributed by atoms with Gasteiger partial charge in [0.2, 0.25) is 15.9 Å². The lowest BCUT2D eigenvalue weighted by Crippen LogP contribution is -2.46. The maximum absolute atomic E-state index is 14.2. The van der Waals surface area contributed by atoms with E-state index in [-0.39, 0.29) is 5.56 Å². The van der Waals surface area contributed by atoms with Crippen LogP contribution in [0, 0.1) is 12.7 Å². The Morgan fingerprint density at radius 3 is 2.41 bits per heavy atom. The third-order valence-corrected chi connectivity index (χ3v) is 7.05. The highest BCUT2D eigenvalue weighted by atomic mass is 32.2. The molecule has 3 rings (SSSR count). The van der Waals surface area contributed by atoms with Gasteiger partial charge < -0.3 is 9.84 Å². The molecule has 1 heterocycles. The zero-order chi connectivity index (χ0) is 21.2. The quantitative estimate of drug-likeness (QED) is 0.740. The Morgan fingerprint density at radius 2 is 1.86 bits per heavy atom. The number of aromatic nitrogens is 2. The number of hydrogen-bond donors (Lipinski definition) is 1. The summed E-state index contributed by atoms with van der Waals surface area (Å²) in [6, 6.07) is 3.32. The molecule has 1 saturated carbocycles. The Balaban J connectivity index is 1.97. The number of aryl methyl sites for hydroxylation is 1. The van der Waals surface area contributed by atoms with E-state index in [1.165, 1.54) is 20.2 Å². The first-order valence-corrected chi connectivity index (χ1v) is 11.0. The van der Waals surface area contributed by atoms with Gasteiger partial charge in [0.15, 0.2) is 5.82 Å². The predicted molar refractivity (Wildman–Crippen MR) is 103 cm³/mol. The van der Waals surface area contributed by atoms with Crippen molar-refractivity contribution in [1.82, 2.24) is 19.8 Å². The van der Waals surface area contributed by atoms with E-state index in [0.717, 1.165) is 42.1 Å². The lowest BCUT2D eigenvalue weighted by Gasteiger charge is -2.30. The summed E-state index contributed by atoms with van der Waals surface area (Å²) in [4.78, 5) is 16.8. The van der Waals surface area contributed by atoms with E-state index in [4.69, 9.17) is 4.52 Å². The minimum absolute atomic E-state index is 0.0515. The van der Waals surface area contributed by atoms with Crippen LogP contribution < -0.4 is 5.32 Å². The topological polar surface area (TPSA) is 105 Å². The highest BCUT2D eigenvalue weighted by Gasteiger charge is 2.39. The van der Waals surface area contributed by atoms with Crippen molar-refractivity contribution < 1.29 is 22.1 Å². The van der Waals surface area contributed by atoms with Crippen LogP contribution in [0.5, 0.6) is 0 Å². The molecule has 1 N–H and O–H groups in total. The summed E-state index contributed by atoms with van der Waals surface area (Å²) in [5.74, 6) is -0.606. The van der Waals surface area contributed by atoms with Gasteiger partial charge in [0.25, 0.3) is 5.91 Å². The van der Waals surface area contributed by atoms with E-state index < -0.39 is 32.2 Å². The van der Waals surface area contributed by atoms with Gasteiger partial charge >= 0.3 is 0 Å². The van der Waals surface area contributed by atoms with Crippen molar-refractivity contribution in [3.63, 3.8) is 0 Å². The van der Waals surface area contributed by atoms with Gasteiger partial charge in [-0.05, 0) is 31.0 Å². The molecule has 8 nitrogen and oxygen atoms in total. The molecular weight excluding hydrogens is 399 g/mol. The summed E-state index contributed by atoms with van der Waals surface area (Å²) in [6.45, 7) is 1.68. The molecular formula is C19H25FN4O4S. The number of nitrogens with zero attached hydrogens (tertiary/aromatic N) is 3. The van der Waals surface area contributed by atoms with Crippen LogP contribution >= 0.6 is 0 Å². The number of carbonyl (C=O) groups excluding carboxylic acids is 1. The van der Waals surface area contributed by atoms with E-state index >= 15 is 0 Å². The van der Waals surface area contributed by atoms with Crippen molar-refractivity contribution in [3.05, 3.63) is 41.3 Å². The average molecular weight is 424 g/mol. The molecule has 1 aliphatic carbocycles. The molecule has 1 amide bonds. The number of carbonyl (C=O) groups is 1. The predicted octanol–water partition coefficient (Wildman–Crippen LogP) is 2.75. The molecule has 0 unspecified atom stereocenters. The summed E-state index contributed by atoms with van der Waals surface area (Å²) < 4.78 is 45.0. The Morgan fingerprint density at radius 1 is 1.21 bits per heavy atom. The van der Waals surface area contributed by atoms with Crippen molar-refractivity contribution >= 4 is 15.9 Å². The number of sulfonamides is 1. The van der Waals surface area contributed by atoms with Gasteiger partial charge in [-0.1, -0.05) is 30.8 Å². The summed E-state index contributed by atoms with van der Waals surface area (Å²) >= 11 is 0. The van der Waals surface area contributed by atoms with Crippen LogP contribution in [0.4, 0.5) is 4.39 Å². The molecule has 29 heavy (non-hydrogen) atoms. The number of hydrogen-bond acceptors (Lipinski definition) is 6. The standard InChI is InChI=1S/C19H25FN4O4S/c1-13-21-18(23-28-13)19(10-6-4-5-7-11-19)22-17(25)14-8-9-15(20)16(12-14)29(26,27)24(2)3/h8-9,12H,4-7,10-11H2,1-3H3,(H,22,25). The molecule has 1 fully saturated rings. The number of benzene rings is 1. The molecule has 1 aromatic heterocycles. The van der Waals surface area contributed by atoms with Crippen molar-refractivity contribution in [2.45, 2.75) is 55.9 Å². The van der Waals surface area contributed by atoms with Crippen molar-refractivity contribution in [3.8, 4) is 0 Å². The lowest BCUT2D eigenvalue weighted by atomic mass is 9.88. The molecule has 1 aromatic carbocycles. The Labute approximate surface area is 169 Å². The number of nitrogens with one attached hydrogen (secondary N) is 1. The maximum atomic E-state index is 14.2. The third kappa shape index (κ3) is 4.32. The molecule has 0 atom stereocenters. The van der Waals surface area contributed by atoms with E-state index in [1.807, 2.05) is 0 Å². The van der Waals surface area contributed by atoms with Gasteiger partial charge in [-0.15, -0.1) is 0 Å². The summed E-state index contributed by atoms with van der Waals surface area (Å²) in [5.41, 5.74) is -0.754. The van der Waals surface area contributed by atoms with Crippen LogP contribution in [-0.2, 0) is 15.6 Å². The largest absolute Gasteiger partial charge is 0.340 e. The van der Waals surface area contributed by atoms with Crippen molar-refractivity contribution in [2.24, 2.45) is 0 Å². The zero-order valence-corrected chi connectivity index (χ0v) is 17.6. The summed E-state index contributed by atoms with van der Waals surface area (Å²) in [6.07, 6.45) is 5.13. The van der Waals surface area contributed by atoms with Gasteiger partial charge in [-0.2, -0.15) is 4.98 Å². The average Bonchev–Trinajstić information content (AvgIpc) is 2.97. The first-order chi connectivity index (χ1) is 13.7. The second-order valence-corrected chi connectivity index (χ2v) is 9.64. The van der Waals surface area contributed by atoms with Crippen LogP contribution in [-0.4, -0.2) is 42.9 Å². The SMILES string of the molecule is Cc1nc(C2(NC(=O)c3ccc(F)c(S(=O)(=O)N(C)C)c3)CCCCCC2)no1. The van der Waals surface area contributed by atoms with Crippen molar-refractivity contribution in [2.75, 3.05) is 14.1 Å². The van der Waals surface area contributed by atoms with Crippen molar-refractivity contribution in [1.29, 1.82) is 0 Å². The monoisotopic (exact) mass is 424 g/mol. The molecule has 158 valence electrons. The molecule has 1 aliphatic rings. The van der Waals surface area contributed by atoms with Gasteiger partial charge in [0, 0.05) is 26.6 Å². The number of amides is 1. The fraction of sp³-hybridized carbons (Fsp3) is 0.526. The highest BCUT2D eigenvalue weighted by molar-refractivity contribution is 7.89. The second kappa shape index (κ2) is 8.19. The smallest absolute Gasteiger partial charge is 0.252 e. The van der Waals surface area contributed by atoms with Crippen LogP contribution in [0.3, 0.4) is 0 Å². The molecule has 0 aliphatic heterocycles. The molecule has 0 spiro atoms. The van der Waals surface area contributed by atoms with Crippen LogP contribution in [0.15, 0.2) is 27.6 Å². The Kier molecular flexibility index (Phi) is 6.04. The van der Waals surface area contributed by atoms with Crippen LogP contribution in [0.2, 0.25) is 0 Å². The van der Waals surface area contributed by atoms with E-state index in [9.17, 15) is 17.6 Å². The maximum Gasteiger partial charge on any atom is 0.252 e. The fourth-order valence-corrected chi connectivity index (χ4v) is 4.54. The highest BCUT2D eigenvalue weighted by Crippen LogP contribution is 2.35. The lowest BCUT2D eigenvalue weighted by molar-refractivity contribution is 0.0876. The third-order valence-electron chi connectivity index (χ3n) is 5.22. The first kappa shape index (κ1) is 21.4. The Hall–Kier alpha value is -2.33. The summed E-state index contributed by atoms with van der Waals surface area (Å²) in [7, 11) is -1.42. The molecule has 2 aromatic rings. The van der Waals surface area contributed by atoms with E-state index in [0.29, 0.717) is 24.6 Å². The van der Waals surface area contributed by atoms with E-state index in [1.54, 1.807) is 6.92 Å². The first-order valence-electron chi connectivity index (χ1n) is 9.51. The number of halogens is 1. The van der Waals surface area contributed by atoms with Gasteiger partial charge in [0.05, 0.1) is 0 Å². The minimum Gasteiger partial charge on any atom is -0.340 e. The van der Waals surface area contributed by atoms with Gasteiger partial charge in [-0.3, -0.25) is 4.79 Å². The normalized spacial score (nSPS) is 17.1. The Bertz CT molecular complexity index is 995. The van der Waals surface area contributed by atoms with Crippen LogP contribution in [0.25, 0.3) is 0 Å². The molecule has 0 bridgehead atoms.